The fraction of sp³-hybridized carbons (Fsp3) is 0.647. The van der Waals surface area contributed by atoms with E-state index in [0.29, 0.717) is 31.3 Å². The van der Waals surface area contributed by atoms with Crippen molar-refractivity contribution in [3.63, 3.8) is 0 Å². The fourth-order valence-corrected chi connectivity index (χ4v) is 4.13. The van der Waals surface area contributed by atoms with Crippen molar-refractivity contribution in [2.45, 2.75) is 31.7 Å². The minimum absolute atomic E-state index is 0.00756. The fourth-order valence-electron chi connectivity index (χ4n) is 4.13. The van der Waals surface area contributed by atoms with Gasteiger partial charge in [0.05, 0.1) is 0 Å². The number of likely N-dealkylation sites (tertiary alicyclic amines) is 1. The summed E-state index contributed by atoms with van der Waals surface area (Å²) in [6, 6.07) is 2.36. The second-order valence-electron chi connectivity index (χ2n) is 6.99. The molecule has 4 rings (SSSR count). The Balaban J connectivity index is 1.34. The van der Waals surface area contributed by atoms with Crippen molar-refractivity contribution in [3.8, 4) is 0 Å². The van der Waals surface area contributed by atoms with Gasteiger partial charge in [-0.2, -0.15) is 0 Å². The molecule has 4 heterocycles. The average Bonchev–Trinajstić information content (AvgIpc) is 2.94. The van der Waals surface area contributed by atoms with Gasteiger partial charge in [0.2, 0.25) is 17.8 Å². The normalized spacial score (nSPS) is 28.3. The van der Waals surface area contributed by atoms with Crippen LogP contribution < -0.4 is 4.90 Å². The highest BCUT2D eigenvalue weighted by molar-refractivity contribution is 6.01. The first-order valence-corrected chi connectivity index (χ1v) is 8.80. The first-order chi connectivity index (χ1) is 11.7. The number of anilines is 1. The van der Waals surface area contributed by atoms with E-state index in [-0.39, 0.29) is 11.8 Å². The first kappa shape index (κ1) is 15.5. The summed E-state index contributed by atoms with van der Waals surface area (Å²) in [4.78, 5) is 38.6. The van der Waals surface area contributed by atoms with Gasteiger partial charge in [-0.3, -0.25) is 19.4 Å². The molecule has 0 spiro atoms. The lowest BCUT2D eigenvalue weighted by molar-refractivity contribution is -0.139. The third-order valence-electron chi connectivity index (χ3n) is 5.44. The molecular formula is C17H23N5O2. The van der Waals surface area contributed by atoms with Gasteiger partial charge in [0.25, 0.3) is 0 Å². The number of piperidine rings is 1. The lowest BCUT2D eigenvalue weighted by Crippen LogP contribution is -2.57. The molecular weight excluding hydrogens is 306 g/mol. The van der Waals surface area contributed by atoms with E-state index in [1.165, 1.54) is 4.90 Å². The molecule has 24 heavy (non-hydrogen) atoms. The number of carbonyl (C=O) groups is 2. The third kappa shape index (κ3) is 3.00. The van der Waals surface area contributed by atoms with Crippen LogP contribution in [-0.4, -0.2) is 70.3 Å². The van der Waals surface area contributed by atoms with Crippen molar-refractivity contribution in [2.75, 3.05) is 37.6 Å². The zero-order valence-corrected chi connectivity index (χ0v) is 13.8. The van der Waals surface area contributed by atoms with E-state index >= 15 is 0 Å². The standard InChI is InChI=1S/C17H23N5O2/c23-15-4-5-16(24)22(15)11-13-2-3-14-12-21(9-8-20(14)10-13)17-18-6-1-7-19-17/h1,6-7,13-14H,2-5,8-12H2/t13-,14?/m0/s1. The summed E-state index contributed by atoms with van der Waals surface area (Å²) in [5, 5.41) is 0. The van der Waals surface area contributed by atoms with Crippen LogP contribution in [-0.2, 0) is 9.59 Å². The second kappa shape index (κ2) is 6.47. The maximum Gasteiger partial charge on any atom is 0.229 e. The summed E-state index contributed by atoms with van der Waals surface area (Å²) < 4.78 is 0. The number of imide groups is 1. The van der Waals surface area contributed by atoms with Crippen molar-refractivity contribution in [1.82, 2.24) is 19.8 Å². The largest absolute Gasteiger partial charge is 0.338 e. The zero-order valence-electron chi connectivity index (χ0n) is 13.8. The molecule has 0 saturated carbocycles. The highest BCUT2D eigenvalue weighted by Crippen LogP contribution is 2.28. The van der Waals surface area contributed by atoms with E-state index in [9.17, 15) is 9.59 Å². The van der Waals surface area contributed by atoms with Gasteiger partial charge in [0, 0.05) is 64.0 Å². The van der Waals surface area contributed by atoms with Crippen LogP contribution in [0.4, 0.5) is 5.95 Å². The van der Waals surface area contributed by atoms with Crippen molar-refractivity contribution < 1.29 is 9.59 Å². The quantitative estimate of drug-likeness (QED) is 0.753. The molecule has 2 atom stereocenters. The molecule has 3 fully saturated rings. The van der Waals surface area contributed by atoms with E-state index < -0.39 is 0 Å². The molecule has 3 aliphatic heterocycles. The highest BCUT2D eigenvalue weighted by Gasteiger charge is 2.37. The van der Waals surface area contributed by atoms with Crippen LogP contribution in [0.25, 0.3) is 0 Å². The van der Waals surface area contributed by atoms with Crippen molar-refractivity contribution in [3.05, 3.63) is 18.5 Å². The van der Waals surface area contributed by atoms with Gasteiger partial charge in [0.15, 0.2) is 0 Å². The second-order valence-corrected chi connectivity index (χ2v) is 6.99. The Hall–Kier alpha value is -2.02. The molecule has 2 amide bonds. The monoisotopic (exact) mass is 329 g/mol. The van der Waals surface area contributed by atoms with Crippen LogP contribution in [0.1, 0.15) is 25.7 Å². The van der Waals surface area contributed by atoms with Crippen LogP contribution in [0.15, 0.2) is 18.5 Å². The van der Waals surface area contributed by atoms with Crippen LogP contribution in [0.2, 0.25) is 0 Å². The molecule has 7 nitrogen and oxygen atoms in total. The van der Waals surface area contributed by atoms with E-state index in [2.05, 4.69) is 19.8 Å². The molecule has 0 aromatic carbocycles. The number of rotatable bonds is 3. The summed E-state index contributed by atoms with van der Waals surface area (Å²) in [7, 11) is 0. The minimum Gasteiger partial charge on any atom is -0.338 e. The van der Waals surface area contributed by atoms with Crippen molar-refractivity contribution in [1.29, 1.82) is 0 Å². The Morgan fingerprint density at radius 2 is 1.75 bits per heavy atom. The van der Waals surface area contributed by atoms with Crippen molar-refractivity contribution in [2.24, 2.45) is 5.92 Å². The Labute approximate surface area is 141 Å². The Morgan fingerprint density at radius 3 is 2.50 bits per heavy atom. The maximum absolute atomic E-state index is 11.8. The Kier molecular flexibility index (Phi) is 4.18. The highest BCUT2D eigenvalue weighted by atomic mass is 16.2. The van der Waals surface area contributed by atoms with E-state index in [1.807, 2.05) is 6.07 Å². The topological polar surface area (TPSA) is 69.6 Å². The van der Waals surface area contributed by atoms with Crippen molar-refractivity contribution >= 4 is 17.8 Å². The Bertz CT molecular complexity index is 607. The number of hydrogen-bond donors (Lipinski definition) is 0. The number of hydrogen-bond acceptors (Lipinski definition) is 6. The molecule has 128 valence electrons. The molecule has 0 radical (unpaired) electrons. The van der Waals surface area contributed by atoms with Crippen LogP contribution in [0, 0.1) is 5.92 Å². The van der Waals surface area contributed by atoms with Crippen LogP contribution in [0.3, 0.4) is 0 Å². The molecule has 0 aliphatic carbocycles. The summed E-state index contributed by atoms with van der Waals surface area (Å²) in [5.74, 6) is 1.24. The van der Waals surface area contributed by atoms with Gasteiger partial charge in [-0.25, -0.2) is 9.97 Å². The summed E-state index contributed by atoms with van der Waals surface area (Å²) in [6.45, 7) is 4.45. The molecule has 1 aromatic rings. The van der Waals surface area contributed by atoms with Gasteiger partial charge in [-0.05, 0) is 24.8 Å². The molecule has 0 bridgehead atoms. The Morgan fingerprint density at radius 1 is 1.00 bits per heavy atom. The van der Waals surface area contributed by atoms with E-state index in [4.69, 9.17) is 0 Å². The lowest BCUT2D eigenvalue weighted by atomic mass is 9.90. The smallest absolute Gasteiger partial charge is 0.229 e. The van der Waals surface area contributed by atoms with E-state index in [0.717, 1.165) is 45.0 Å². The SMILES string of the molecule is O=C1CCC(=O)N1C[C@H]1CCC2CN(c3ncccn3)CCN2C1. The average molecular weight is 329 g/mol. The van der Waals surface area contributed by atoms with Gasteiger partial charge in [-0.15, -0.1) is 0 Å². The number of carbonyl (C=O) groups excluding carboxylic acids is 2. The molecule has 0 N–H and O–H groups in total. The number of amides is 2. The van der Waals surface area contributed by atoms with Gasteiger partial charge in [0.1, 0.15) is 0 Å². The number of nitrogens with zero attached hydrogens (tertiary/aromatic N) is 5. The van der Waals surface area contributed by atoms with Gasteiger partial charge < -0.3 is 4.90 Å². The number of piperazine rings is 1. The molecule has 1 aromatic heterocycles. The summed E-state index contributed by atoms with van der Waals surface area (Å²) >= 11 is 0. The molecule has 3 saturated heterocycles. The maximum atomic E-state index is 11.8. The summed E-state index contributed by atoms with van der Waals surface area (Å²) in [6.07, 6.45) is 6.53. The predicted molar refractivity (Wildman–Crippen MR) is 88.3 cm³/mol. The molecule has 1 unspecified atom stereocenters. The molecule has 3 aliphatic rings. The van der Waals surface area contributed by atoms with E-state index in [1.54, 1.807) is 12.4 Å². The van der Waals surface area contributed by atoms with Gasteiger partial charge >= 0.3 is 0 Å². The van der Waals surface area contributed by atoms with Gasteiger partial charge in [-0.1, -0.05) is 0 Å². The predicted octanol–water partition coefficient (Wildman–Crippen LogP) is 0.526. The van der Waals surface area contributed by atoms with Crippen LogP contribution >= 0.6 is 0 Å². The third-order valence-corrected chi connectivity index (χ3v) is 5.44. The van der Waals surface area contributed by atoms with Crippen LogP contribution in [0.5, 0.6) is 0 Å². The zero-order chi connectivity index (χ0) is 16.5. The number of fused-ring (bicyclic) bond motifs is 1. The summed E-state index contributed by atoms with van der Waals surface area (Å²) in [5.41, 5.74) is 0. The molecule has 7 heteroatoms. The number of aromatic nitrogens is 2. The lowest BCUT2D eigenvalue weighted by Gasteiger charge is -2.46. The minimum atomic E-state index is 0.00756. The first-order valence-electron chi connectivity index (χ1n) is 8.80.